The number of rotatable bonds is 2. The number of ether oxygens (including phenoxy) is 4. The summed E-state index contributed by atoms with van der Waals surface area (Å²) in [6.45, 7) is 0. The maximum atomic E-state index is 11.8. The van der Waals surface area contributed by atoms with Crippen LogP contribution < -0.4 is 0 Å². The van der Waals surface area contributed by atoms with Gasteiger partial charge in [-0.3, -0.25) is 19.2 Å². The van der Waals surface area contributed by atoms with Crippen molar-refractivity contribution in [2.75, 3.05) is 28.4 Å². The van der Waals surface area contributed by atoms with Crippen molar-refractivity contribution >= 4 is 77.5 Å². The van der Waals surface area contributed by atoms with Crippen LogP contribution in [0.4, 0.5) is 4.79 Å². The first-order valence-corrected chi connectivity index (χ1v) is 16.5. The van der Waals surface area contributed by atoms with Gasteiger partial charge < -0.3 is 18.9 Å². The summed E-state index contributed by atoms with van der Waals surface area (Å²) in [5.74, 6) is -1.04. The van der Waals surface area contributed by atoms with Crippen molar-refractivity contribution in [3.8, 4) is 0 Å². The molecule has 0 saturated heterocycles. The fourth-order valence-corrected chi connectivity index (χ4v) is 6.46. The minimum atomic E-state index is -0.657. The number of carbonyl (C=O) groups excluding carboxylic acids is 5. The van der Waals surface area contributed by atoms with Crippen molar-refractivity contribution in [1.82, 2.24) is 0 Å². The van der Waals surface area contributed by atoms with Gasteiger partial charge in [-0.15, -0.1) is 0 Å². The van der Waals surface area contributed by atoms with Crippen LogP contribution in [-0.2, 0) is 54.2 Å². The Bertz CT molecular complexity index is 1610. The molecule has 2 unspecified atom stereocenters. The second kappa shape index (κ2) is 17.5. The standard InChI is InChI=1S/C11H9BrO3.C11H11BrO2.C9H7BrO.C3H6O3/c1-15-11(14)9-5-6-4-7(12)2-3-8(6)10(9)13;1-14-11(13)9-4-7-2-3-10(12)6-8(7)5-9;10-7-2-3-8-6(5-7)1-4-9(8)11;1-5-3(4)6-2/h2-4,9H,5H2,1H3;2-3,6,9H,4-5H2,1H3;2-3,5H,1,4H2;1-2H3. The molecule has 0 N–H and O–H groups in total. The SMILES string of the molecule is COC(=O)C1Cc2cc(Br)ccc2C1=O.COC(=O)C1Cc2ccc(Br)cc2C1.COC(=O)OC.O=C1CCc2cc(Br)ccc21. The monoisotopic (exact) mass is 822 g/mol. The number of Topliss-reactive ketones (excluding diaryl/α,β-unsaturated/α-hetero) is 2. The highest BCUT2D eigenvalue weighted by atomic mass is 79.9. The van der Waals surface area contributed by atoms with Crippen molar-refractivity contribution in [2.45, 2.75) is 32.1 Å². The van der Waals surface area contributed by atoms with Gasteiger partial charge in [-0.05, 0) is 90.4 Å². The molecule has 3 aliphatic carbocycles. The molecular formula is C34H33Br3O9. The van der Waals surface area contributed by atoms with E-state index in [1.54, 1.807) is 12.1 Å². The third kappa shape index (κ3) is 9.83. The van der Waals surface area contributed by atoms with Gasteiger partial charge in [-0.1, -0.05) is 59.9 Å². The highest BCUT2D eigenvalue weighted by Gasteiger charge is 2.36. The predicted molar refractivity (Wildman–Crippen MR) is 181 cm³/mol. The molecule has 0 fully saturated rings. The number of benzene rings is 3. The molecule has 0 spiro atoms. The van der Waals surface area contributed by atoms with Crippen LogP contribution in [0.1, 0.15) is 49.4 Å². The molecule has 2 atom stereocenters. The third-order valence-corrected chi connectivity index (χ3v) is 9.00. The summed E-state index contributed by atoms with van der Waals surface area (Å²) in [7, 11) is 5.26. The molecule has 0 saturated carbocycles. The van der Waals surface area contributed by atoms with Gasteiger partial charge >= 0.3 is 18.1 Å². The zero-order chi connectivity index (χ0) is 34.0. The van der Waals surface area contributed by atoms with Gasteiger partial charge in [0.1, 0.15) is 5.92 Å². The number of fused-ring (bicyclic) bond motifs is 3. The number of esters is 2. The normalized spacial score (nSPS) is 16.5. The van der Waals surface area contributed by atoms with E-state index in [2.05, 4.69) is 74.1 Å². The first-order chi connectivity index (χ1) is 21.9. The molecule has 0 amide bonds. The van der Waals surface area contributed by atoms with Gasteiger partial charge in [0.15, 0.2) is 11.6 Å². The lowest BCUT2D eigenvalue weighted by atomic mass is 10.1. The second-order valence-electron chi connectivity index (χ2n) is 10.4. The van der Waals surface area contributed by atoms with Crippen LogP contribution in [0.5, 0.6) is 0 Å². The van der Waals surface area contributed by atoms with Gasteiger partial charge in [0.05, 0.1) is 34.4 Å². The Kier molecular flexibility index (Phi) is 14.1. The summed E-state index contributed by atoms with van der Waals surface area (Å²) in [6.07, 6.45) is 3.01. The number of hydrogen-bond donors (Lipinski definition) is 0. The molecule has 3 aromatic carbocycles. The fraction of sp³-hybridized carbons (Fsp3) is 0.324. The van der Waals surface area contributed by atoms with E-state index in [1.807, 2.05) is 30.3 Å². The predicted octanol–water partition coefficient (Wildman–Crippen LogP) is 7.29. The Labute approximate surface area is 292 Å². The average Bonchev–Trinajstić information content (AvgIpc) is 3.74. The van der Waals surface area contributed by atoms with E-state index in [4.69, 9.17) is 4.74 Å². The second-order valence-corrected chi connectivity index (χ2v) is 13.1. The van der Waals surface area contributed by atoms with E-state index in [0.29, 0.717) is 18.4 Å². The Morgan fingerprint density at radius 3 is 1.67 bits per heavy atom. The van der Waals surface area contributed by atoms with Gasteiger partial charge in [-0.25, -0.2) is 4.79 Å². The molecule has 3 aromatic rings. The number of hydrogen-bond acceptors (Lipinski definition) is 9. The first kappa shape index (κ1) is 37.1. The molecule has 6 rings (SSSR count). The van der Waals surface area contributed by atoms with Gasteiger partial charge in [0.2, 0.25) is 0 Å². The van der Waals surface area contributed by atoms with Crippen LogP contribution in [0.15, 0.2) is 68.0 Å². The van der Waals surface area contributed by atoms with E-state index in [-0.39, 0.29) is 23.5 Å². The van der Waals surface area contributed by atoms with Crippen LogP contribution in [-0.4, -0.2) is 58.1 Å². The first-order valence-electron chi connectivity index (χ1n) is 14.1. The highest BCUT2D eigenvalue weighted by molar-refractivity contribution is 9.11. The Morgan fingerprint density at radius 1 is 0.587 bits per heavy atom. The van der Waals surface area contributed by atoms with Gasteiger partial charge in [0.25, 0.3) is 0 Å². The van der Waals surface area contributed by atoms with E-state index in [1.165, 1.54) is 45.1 Å². The minimum absolute atomic E-state index is 0.0179. The van der Waals surface area contributed by atoms with Crippen LogP contribution in [0.25, 0.3) is 0 Å². The van der Waals surface area contributed by atoms with E-state index >= 15 is 0 Å². The number of ketones is 2. The Hall–Kier alpha value is -3.35. The summed E-state index contributed by atoms with van der Waals surface area (Å²) >= 11 is 10.1. The number of aryl methyl sites for hydroxylation is 1. The molecule has 0 aromatic heterocycles. The lowest BCUT2D eigenvalue weighted by Crippen LogP contribution is -2.21. The average molecular weight is 825 g/mol. The molecule has 0 aliphatic heterocycles. The van der Waals surface area contributed by atoms with Crippen molar-refractivity contribution in [3.05, 3.63) is 101 Å². The lowest BCUT2D eigenvalue weighted by molar-refractivity contribution is -0.145. The number of methoxy groups -OCH3 is 4. The van der Waals surface area contributed by atoms with Crippen molar-refractivity contribution in [3.63, 3.8) is 0 Å². The van der Waals surface area contributed by atoms with E-state index in [0.717, 1.165) is 43.8 Å². The smallest absolute Gasteiger partial charge is 0.469 e. The molecule has 12 heteroatoms. The Morgan fingerprint density at radius 2 is 1.11 bits per heavy atom. The molecule has 0 radical (unpaired) electrons. The number of carbonyl (C=O) groups is 5. The lowest BCUT2D eigenvalue weighted by Gasteiger charge is -2.04. The molecule has 3 aliphatic rings. The molecule has 9 nitrogen and oxygen atoms in total. The van der Waals surface area contributed by atoms with Gasteiger partial charge in [-0.2, -0.15) is 0 Å². The maximum Gasteiger partial charge on any atom is 0.507 e. The highest BCUT2D eigenvalue weighted by Crippen LogP contribution is 2.31. The zero-order valence-electron chi connectivity index (χ0n) is 25.7. The summed E-state index contributed by atoms with van der Waals surface area (Å²) in [5, 5.41) is 0. The van der Waals surface area contributed by atoms with Crippen molar-refractivity contribution in [1.29, 1.82) is 0 Å². The third-order valence-electron chi connectivity index (χ3n) is 7.52. The fourth-order valence-electron chi connectivity index (χ4n) is 5.23. The molecule has 244 valence electrons. The van der Waals surface area contributed by atoms with Crippen LogP contribution >= 0.6 is 47.8 Å². The van der Waals surface area contributed by atoms with Gasteiger partial charge in [0, 0.05) is 31.0 Å². The molecule has 0 heterocycles. The summed E-state index contributed by atoms with van der Waals surface area (Å²) in [5.41, 5.74) is 6.16. The topological polar surface area (TPSA) is 122 Å². The summed E-state index contributed by atoms with van der Waals surface area (Å²) in [6, 6.07) is 17.4. The molecule has 0 bridgehead atoms. The Balaban J connectivity index is 0.000000174. The number of halogens is 3. The molecular weight excluding hydrogens is 792 g/mol. The summed E-state index contributed by atoms with van der Waals surface area (Å²) < 4.78 is 20.5. The quantitative estimate of drug-likeness (QED) is 0.149. The van der Waals surface area contributed by atoms with Crippen LogP contribution in [0, 0.1) is 11.8 Å². The zero-order valence-corrected chi connectivity index (χ0v) is 30.5. The summed E-state index contributed by atoms with van der Waals surface area (Å²) in [4.78, 5) is 55.3. The van der Waals surface area contributed by atoms with Crippen molar-refractivity contribution in [2.24, 2.45) is 11.8 Å². The maximum absolute atomic E-state index is 11.8. The van der Waals surface area contributed by atoms with Crippen LogP contribution in [0.2, 0.25) is 0 Å². The largest absolute Gasteiger partial charge is 0.507 e. The van der Waals surface area contributed by atoms with Crippen LogP contribution in [0.3, 0.4) is 0 Å². The van der Waals surface area contributed by atoms with E-state index in [9.17, 15) is 24.0 Å². The minimum Gasteiger partial charge on any atom is -0.469 e. The molecule has 46 heavy (non-hydrogen) atoms. The van der Waals surface area contributed by atoms with E-state index < -0.39 is 18.0 Å². The van der Waals surface area contributed by atoms with Crippen molar-refractivity contribution < 1.29 is 42.9 Å².